The Labute approximate surface area is 133 Å². The van der Waals surface area contributed by atoms with Crippen molar-refractivity contribution in [2.75, 3.05) is 5.32 Å². The summed E-state index contributed by atoms with van der Waals surface area (Å²) in [5.41, 5.74) is 4.86. The molecule has 0 saturated heterocycles. The number of rotatable bonds is 3. The Kier molecular flexibility index (Phi) is 4.02. The van der Waals surface area contributed by atoms with Crippen LogP contribution in [0.3, 0.4) is 0 Å². The maximum atomic E-state index is 12.2. The van der Waals surface area contributed by atoms with E-state index in [2.05, 4.69) is 29.4 Å². The van der Waals surface area contributed by atoms with E-state index < -0.39 is 0 Å². The molecule has 1 amide bonds. The monoisotopic (exact) mass is 308 g/mol. The minimum atomic E-state index is -0.131. The lowest BCUT2D eigenvalue weighted by Crippen LogP contribution is -2.11. The van der Waals surface area contributed by atoms with Crippen LogP contribution in [0.5, 0.6) is 0 Å². The van der Waals surface area contributed by atoms with Gasteiger partial charge in [0, 0.05) is 16.5 Å². The van der Waals surface area contributed by atoms with Crippen molar-refractivity contribution >= 4 is 22.4 Å². The summed E-state index contributed by atoms with van der Waals surface area (Å²) in [6, 6.07) is 15.7. The molecule has 3 rings (SSSR count). The first-order valence-corrected chi connectivity index (χ1v) is 7.90. The topological polar surface area (TPSA) is 42.0 Å². The van der Waals surface area contributed by atoms with Gasteiger partial charge in [-0.05, 0) is 26.0 Å². The van der Waals surface area contributed by atoms with Crippen LogP contribution in [-0.2, 0) is 0 Å². The molecule has 0 aliphatic rings. The number of hydrogen-bond acceptors (Lipinski definition) is 3. The third-order valence-corrected chi connectivity index (χ3v) is 4.11. The van der Waals surface area contributed by atoms with Crippen LogP contribution in [0.1, 0.15) is 21.5 Å². The van der Waals surface area contributed by atoms with E-state index in [-0.39, 0.29) is 5.91 Å². The van der Waals surface area contributed by atoms with Gasteiger partial charge in [-0.1, -0.05) is 47.5 Å². The normalized spacial score (nSPS) is 10.5. The number of anilines is 1. The van der Waals surface area contributed by atoms with Gasteiger partial charge in [-0.3, -0.25) is 10.1 Å². The summed E-state index contributed by atoms with van der Waals surface area (Å²) in [5, 5.41) is 5.42. The van der Waals surface area contributed by atoms with Crippen molar-refractivity contribution in [3.63, 3.8) is 0 Å². The van der Waals surface area contributed by atoms with Crippen molar-refractivity contribution in [1.29, 1.82) is 0 Å². The number of thiazole rings is 1. The van der Waals surface area contributed by atoms with Gasteiger partial charge in [-0.2, -0.15) is 0 Å². The minimum Gasteiger partial charge on any atom is -0.298 e. The van der Waals surface area contributed by atoms with E-state index >= 15 is 0 Å². The van der Waals surface area contributed by atoms with E-state index in [1.807, 2.05) is 42.6 Å². The smallest absolute Gasteiger partial charge is 0.257 e. The molecule has 0 radical (unpaired) electrons. The van der Waals surface area contributed by atoms with E-state index in [1.165, 1.54) is 16.9 Å². The van der Waals surface area contributed by atoms with Crippen LogP contribution in [-0.4, -0.2) is 10.9 Å². The third kappa shape index (κ3) is 3.23. The van der Waals surface area contributed by atoms with Crippen molar-refractivity contribution in [1.82, 2.24) is 4.98 Å². The van der Waals surface area contributed by atoms with Crippen LogP contribution in [0.15, 0.2) is 53.9 Å². The van der Waals surface area contributed by atoms with Gasteiger partial charge < -0.3 is 0 Å². The fourth-order valence-corrected chi connectivity index (χ4v) is 2.86. The van der Waals surface area contributed by atoms with Gasteiger partial charge in [-0.25, -0.2) is 4.98 Å². The van der Waals surface area contributed by atoms with Gasteiger partial charge in [0.15, 0.2) is 5.13 Å². The Morgan fingerprint density at radius 2 is 1.82 bits per heavy atom. The zero-order valence-corrected chi connectivity index (χ0v) is 13.3. The molecule has 3 aromatic rings. The first-order chi connectivity index (χ1) is 10.6. The van der Waals surface area contributed by atoms with Gasteiger partial charge in [0.2, 0.25) is 0 Å². The molecule has 110 valence electrons. The zero-order valence-electron chi connectivity index (χ0n) is 12.5. The fourth-order valence-electron chi connectivity index (χ4n) is 2.14. The number of benzene rings is 2. The van der Waals surface area contributed by atoms with Crippen LogP contribution in [0.4, 0.5) is 5.13 Å². The van der Waals surface area contributed by atoms with E-state index in [9.17, 15) is 4.79 Å². The second-order valence-electron chi connectivity index (χ2n) is 5.23. The Morgan fingerprint density at radius 1 is 1.05 bits per heavy atom. The lowest BCUT2D eigenvalue weighted by Gasteiger charge is -2.02. The Bertz CT molecular complexity index is 806. The van der Waals surface area contributed by atoms with Crippen LogP contribution in [0.2, 0.25) is 0 Å². The number of carbonyl (C=O) groups excluding carboxylic acids is 1. The number of aryl methyl sites for hydroxylation is 2. The maximum absolute atomic E-state index is 12.2. The average molecular weight is 308 g/mol. The largest absolute Gasteiger partial charge is 0.298 e. The molecule has 0 bridgehead atoms. The van der Waals surface area contributed by atoms with Crippen LogP contribution >= 0.6 is 11.3 Å². The molecule has 0 unspecified atom stereocenters. The van der Waals surface area contributed by atoms with Crippen LogP contribution in [0.25, 0.3) is 11.3 Å². The molecule has 0 fully saturated rings. The third-order valence-electron chi connectivity index (χ3n) is 3.35. The number of aromatic nitrogens is 1. The lowest BCUT2D eigenvalue weighted by atomic mass is 10.1. The van der Waals surface area contributed by atoms with Crippen molar-refractivity contribution in [3.05, 3.63) is 70.6 Å². The molecule has 1 aromatic heterocycles. The predicted octanol–water partition coefficient (Wildman–Crippen LogP) is 4.68. The van der Waals surface area contributed by atoms with Crippen molar-refractivity contribution in [2.24, 2.45) is 0 Å². The summed E-state index contributed by atoms with van der Waals surface area (Å²) < 4.78 is 0. The molecular weight excluding hydrogens is 292 g/mol. The zero-order chi connectivity index (χ0) is 15.5. The highest BCUT2D eigenvalue weighted by atomic mass is 32.1. The molecule has 0 aliphatic carbocycles. The molecule has 1 heterocycles. The lowest BCUT2D eigenvalue weighted by molar-refractivity contribution is 0.102. The summed E-state index contributed by atoms with van der Waals surface area (Å²) >= 11 is 1.43. The highest BCUT2D eigenvalue weighted by Gasteiger charge is 2.10. The second-order valence-corrected chi connectivity index (χ2v) is 6.09. The molecule has 0 saturated carbocycles. The average Bonchev–Trinajstić information content (AvgIpc) is 2.96. The predicted molar refractivity (Wildman–Crippen MR) is 91.4 cm³/mol. The molecule has 22 heavy (non-hydrogen) atoms. The van der Waals surface area contributed by atoms with Gasteiger partial charge in [0.05, 0.1) is 5.69 Å². The number of nitrogens with zero attached hydrogens (tertiary/aromatic N) is 1. The molecule has 0 aliphatic heterocycles. The number of carbonyl (C=O) groups is 1. The molecule has 2 aromatic carbocycles. The molecule has 0 atom stereocenters. The molecular formula is C18H16N2OS. The molecule has 4 heteroatoms. The standard InChI is InChI=1S/C18H16N2OS/c1-12-6-8-14(9-7-12)16-11-22-18(19-16)20-17(21)15-5-3-4-13(2)10-15/h3-11H,1-2H3,(H,19,20,21). The van der Waals surface area contributed by atoms with E-state index in [0.717, 1.165) is 16.8 Å². The van der Waals surface area contributed by atoms with Gasteiger partial charge in [0.25, 0.3) is 5.91 Å². The van der Waals surface area contributed by atoms with Gasteiger partial charge in [-0.15, -0.1) is 11.3 Å². The maximum Gasteiger partial charge on any atom is 0.257 e. The minimum absolute atomic E-state index is 0.131. The summed E-state index contributed by atoms with van der Waals surface area (Å²) in [5.74, 6) is -0.131. The second kappa shape index (κ2) is 6.12. The van der Waals surface area contributed by atoms with E-state index in [0.29, 0.717) is 10.7 Å². The van der Waals surface area contributed by atoms with Crippen LogP contribution in [0, 0.1) is 13.8 Å². The van der Waals surface area contributed by atoms with Crippen molar-refractivity contribution < 1.29 is 4.79 Å². The highest BCUT2D eigenvalue weighted by molar-refractivity contribution is 7.14. The molecule has 3 nitrogen and oxygen atoms in total. The summed E-state index contributed by atoms with van der Waals surface area (Å²) in [6.07, 6.45) is 0. The summed E-state index contributed by atoms with van der Waals surface area (Å²) in [6.45, 7) is 4.02. The summed E-state index contributed by atoms with van der Waals surface area (Å²) in [4.78, 5) is 16.7. The Morgan fingerprint density at radius 3 is 2.55 bits per heavy atom. The van der Waals surface area contributed by atoms with Crippen molar-refractivity contribution in [2.45, 2.75) is 13.8 Å². The SMILES string of the molecule is Cc1ccc(-c2csc(NC(=O)c3cccc(C)c3)n2)cc1. The first-order valence-electron chi connectivity index (χ1n) is 7.02. The molecule has 1 N–H and O–H groups in total. The van der Waals surface area contributed by atoms with Gasteiger partial charge >= 0.3 is 0 Å². The van der Waals surface area contributed by atoms with E-state index in [4.69, 9.17) is 0 Å². The van der Waals surface area contributed by atoms with Crippen molar-refractivity contribution in [3.8, 4) is 11.3 Å². The Hall–Kier alpha value is -2.46. The highest BCUT2D eigenvalue weighted by Crippen LogP contribution is 2.25. The fraction of sp³-hybridized carbons (Fsp3) is 0.111. The number of amides is 1. The first kappa shape index (κ1) is 14.5. The number of nitrogens with one attached hydrogen (secondary N) is 1. The quantitative estimate of drug-likeness (QED) is 0.763. The Balaban J connectivity index is 1.77. The summed E-state index contributed by atoms with van der Waals surface area (Å²) in [7, 11) is 0. The van der Waals surface area contributed by atoms with E-state index in [1.54, 1.807) is 6.07 Å². The van der Waals surface area contributed by atoms with Crippen LogP contribution < -0.4 is 5.32 Å². The van der Waals surface area contributed by atoms with Gasteiger partial charge in [0.1, 0.15) is 0 Å². The molecule has 0 spiro atoms. The number of hydrogen-bond donors (Lipinski definition) is 1.